The van der Waals surface area contributed by atoms with Crippen molar-refractivity contribution in [3.63, 3.8) is 0 Å². The van der Waals surface area contributed by atoms with Crippen LogP contribution in [-0.4, -0.2) is 51.0 Å². The second-order valence-electron chi connectivity index (χ2n) is 9.83. The van der Waals surface area contributed by atoms with E-state index in [0.717, 1.165) is 6.42 Å². The molecule has 0 spiro atoms. The van der Waals surface area contributed by atoms with Gasteiger partial charge in [0.05, 0.1) is 35.5 Å². The number of halogens is 2. The molecule has 7 nitrogen and oxygen atoms in total. The van der Waals surface area contributed by atoms with Gasteiger partial charge in [-0.15, -0.1) is 0 Å². The van der Waals surface area contributed by atoms with E-state index in [4.69, 9.17) is 15.7 Å². The molecular formula is C26H23F2N5O2S. The molecular weight excluding hydrogens is 484 g/mol. The van der Waals surface area contributed by atoms with Gasteiger partial charge in [0.1, 0.15) is 22.5 Å². The summed E-state index contributed by atoms with van der Waals surface area (Å²) < 4.78 is 35.0. The Kier molecular flexibility index (Phi) is 5.21. The summed E-state index contributed by atoms with van der Waals surface area (Å²) in [5.74, 6) is -1.33. The van der Waals surface area contributed by atoms with Crippen LogP contribution in [0.2, 0.25) is 0 Å². The van der Waals surface area contributed by atoms with Gasteiger partial charge in [-0.1, -0.05) is 17.8 Å². The van der Waals surface area contributed by atoms with Crippen molar-refractivity contribution in [2.75, 3.05) is 13.2 Å². The Bertz CT molecular complexity index is 1370. The molecule has 2 aliphatic heterocycles. The van der Waals surface area contributed by atoms with Crippen molar-refractivity contribution in [2.24, 2.45) is 16.6 Å². The number of aliphatic imine (C=N–C) groups is 1. The minimum atomic E-state index is -1.07. The molecule has 36 heavy (non-hydrogen) atoms. The van der Waals surface area contributed by atoms with Crippen molar-refractivity contribution in [3.05, 3.63) is 64.7 Å². The van der Waals surface area contributed by atoms with E-state index in [0.29, 0.717) is 30.7 Å². The topological polar surface area (TPSA) is 105 Å². The number of benzene rings is 1. The third-order valence-electron chi connectivity index (χ3n) is 7.57. The van der Waals surface area contributed by atoms with E-state index in [1.165, 1.54) is 48.3 Å². The molecule has 2 saturated carbocycles. The molecule has 0 radical (unpaired) electrons. The van der Waals surface area contributed by atoms with Crippen LogP contribution in [0.25, 0.3) is 11.9 Å². The van der Waals surface area contributed by atoms with Crippen molar-refractivity contribution in [3.8, 4) is 6.07 Å². The normalized spacial score (nSPS) is 32.6. The Balaban J connectivity index is 1.32. The maximum Gasteiger partial charge on any atom is 0.240 e. The summed E-state index contributed by atoms with van der Waals surface area (Å²) in [5, 5.41) is 9.15. The third-order valence-corrected chi connectivity index (χ3v) is 8.86. The van der Waals surface area contributed by atoms with Crippen LogP contribution in [-0.2, 0) is 15.1 Å². The first-order chi connectivity index (χ1) is 17.2. The average molecular weight is 508 g/mol. The number of carbonyl (C=O) groups is 1. The smallest absolute Gasteiger partial charge is 0.240 e. The van der Waals surface area contributed by atoms with Gasteiger partial charge in [-0.2, -0.15) is 5.26 Å². The summed E-state index contributed by atoms with van der Waals surface area (Å²) in [6.45, 7) is 2.85. The molecule has 5 atom stereocenters. The van der Waals surface area contributed by atoms with Crippen molar-refractivity contribution in [2.45, 2.75) is 42.2 Å². The highest BCUT2D eigenvalue weighted by Crippen LogP contribution is 2.67. The fourth-order valence-electron chi connectivity index (χ4n) is 5.53. The largest absolute Gasteiger partial charge is 0.378 e. The van der Waals surface area contributed by atoms with Crippen LogP contribution in [0.3, 0.4) is 0 Å². The number of rotatable bonds is 4. The van der Waals surface area contributed by atoms with Crippen LogP contribution >= 0.6 is 11.8 Å². The third kappa shape index (κ3) is 3.61. The molecule has 1 saturated heterocycles. The number of pyridine rings is 1. The lowest BCUT2D eigenvalue weighted by atomic mass is 9.84. The minimum Gasteiger partial charge on any atom is -0.378 e. The molecule has 1 aromatic heterocycles. The number of thioether (sulfide) groups is 1. The highest BCUT2D eigenvalue weighted by atomic mass is 32.2. The summed E-state index contributed by atoms with van der Waals surface area (Å²) in [6.07, 6.45) is 4.05. The predicted octanol–water partition coefficient (Wildman–Crippen LogP) is 3.60. The van der Waals surface area contributed by atoms with E-state index in [2.05, 4.69) is 9.98 Å². The van der Waals surface area contributed by atoms with Crippen LogP contribution in [0.5, 0.6) is 0 Å². The Hall–Kier alpha value is -3.29. The summed E-state index contributed by atoms with van der Waals surface area (Å²) in [5.41, 5.74) is 6.24. The number of hydrogen-bond donors (Lipinski definition) is 1. The number of fused-ring (bicyclic) bond motifs is 2. The first kappa shape index (κ1) is 23.1. The SMILES string of the molecule is C[C@]1(c2cc(/C=C(\F)c3ccc(C#N)cn3)ccc2F)N=C(N)S[C@@]2(C(=O)N3CCOC4CC43)C[C@H]21. The maximum atomic E-state index is 15.2. The van der Waals surface area contributed by atoms with Crippen molar-refractivity contribution < 1.29 is 18.3 Å². The molecule has 6 rings (SSSR count). The van der Waals surface area contributed by atoms with Crippen LogP contribution in [0.1, 0.15) is 42.1 Å². The number of amidine groups is 1. The number of nitriles is 1. The van der Waals surface area contributed by atoms with Gasteiger partial charge in [-0.3, -0.25) is 14.8 Å². The lowest BCUT2D eigenvalue weighted by Gasteiger charge is -2.37. The van der Waals surface area contributed by atoms with E-state index < -0.39 is 21.9 Å². The molecule has 2 aromatic rings. The summed E-state index contributed by atoms with van der Waals surface area (Å²) in [7, 11) is 0. The Labute approximate surface area is 211 Å². The molecule has 4 aliphatic rings. The zero-order valence-electron chi connectivity index (χ0n) is 19.4. The molecule has 2 N–H and O–H groups in total. The first-order valence-corrected chi connectivity index (χ1v) is 12.6. The molecule has 184 valence electrons. The molecule has 0 bridgehead atoms. The maximum absolute atomic E-state index is 15.2. The molecule has 2 unspecified atom stereocenters. The number of aromatic nitrogens is 1. The van der Waals surface area contributed by atoms with Gasteiger partial charge in [0.25, 0.3) is 0 Å². The van der Waals surface area contributed by atoms with Crippen molar-refractivity contribution in [1.29, 1.82) is 5.26 Å². The summed E-state index contributed by atoms with van der Waals surface area (Å²) in [4.78, 5) is 24.2. The summed E-state index contributed by atoms with van der Waals surface area (Å²) in [6, 6.07) is 9.26. The Morgan fingerprint density at radius 2 is 2.22 bits per heavy atom. The fourth-order valence-corrected chi connectivity index (χ4v) is 6.96. The van der Waals surface area contributed by atoms with E-state index in [1.54, 1.807) is 13.0 Å². The van der Waals surface area contributed by atoms with E-state index >= 15 is 4.39 Å². The highest BCUT2D eigenvalue weighted by Gasteiger charge is 2.72. The van der Waals surface area contributed by atoms with Gasteiger partial charge in [-0.05, 0) is 55.7 Å². The van der Waals surface area contributed by atoms with E-state index in [-0.39, 0.29) is 40.4 Å². The minimum absolute atomic E-state index is 0.0202. The lowest BCUT2D eigenvalue weighted by Crippen LogP contribution is -2.50. The van der Waals surface area contributed by atoms with Crippen LogP contribution in [0.4, 0.5) is 8.78 Å². The number of morpholine rings is 1. The highest BCUT2D eigenvalue weighted by molar-refractivity contribution is 8.15. The molecule has 10 heteroatoms. The zero-order chi connectivity index (χ0) is 25.2. The van der Waals surface area contributed by atoms with Gasteiger partial charge >= 0.3 is 0 Å². The second-order valence-corrected chi connectivity index (χ2v) is 11.2. The fraction of sp³-hybridized carbons (Fsp3) is 0.385. The lowest BCUT2D eigenvalue weighted by molar-refractivity contribution is -0.136. The Morgan fingerprint density at radius 1 is 1.39 bits per heavy atom. The van der Waals surface area contributed by atoms with E-state index in [9.17, 15) is 9.18 Å². The number of nitrogens with two attached hydrogens (primary N) is 1. The standard InChI is InChI=1S/C26H23F2N5O2S/c1-25(16-8-14(2-4-17(16)27)9-18(28)19-5-3-15(12-29)13-31-19)22-11-26(22,36-24(30)32-25)23(34)33-6-7-35-21-10-20(21)33/h2-5,8-9,13,20-22H,6-7,10-11H2,1H3,(H2,30,32)/b18-9-/t20?,21?,22-,25+,26-/m0/s1. The number of nitrogens with zero attached hydrogens (tertiary/aromatic N) is 4. The average Bonchev–Trinajstić information content (AvgIpc) is 3.79. The van der Waals surface area contributed by atoms with Crippen molar-refractivity contribution in [1.82, 2.24) is 9.88 Å². The molecule has 3 fully saturated rings. The predicted molar refractivity (Wildman–Crippen MR) is 132 cm³/mol. The molecule has 1 aromatic carbocycles. The van der Waals surface area contributed by atoms with Gasteiger partial charge in [-0.25, -0.2) is 8.78 Å². The number of ether oxygens (including phenoxy) is 1. The van der Waals surface area contributed by atoms with Crippen LogP contribution in [0.15, 0.2) is 41.5 Å². The molecule has 3 heterocycles. The quantitative estimate of drug-likeness (QED) is 0.678. The number of amides is 1. The number of hydrogen-bond acceptors (Lipinski definition) is 7. The van der Waals surface area contributed by atoms with Gasteiger partial charge in [0.2, 0.25) is 5.91 Å². The van der Waals surface area contributed by atoms with E-state index in [1.807, 2.05) is 11.0 Å². The molecule has 2 aliphatic carbocycles. The van der Waals surface area contributed by atoms with Gasteiger partial charge < -0.3 is 15.4 Å². The monoisotopic (exact) mass is 507 g/mol. The first-order valence-electron chi connectivity index (χ1n) is 11.8. The number of carbonyl (C=O) groups excluding carboxylic acids is 1. The molecule has 1 amide bonds. The second kappa shape index (κ2) is 8.11. The Morgan fingerprint density at radius 3 is 2.97 bits per heavy atom. The van der Waals surface area contributed by atoms with Crippen LogP contribution < -0.4 is 5.73 Å². The van der Waals surface area contributed by atoms with Crippen LogP contribution in [0, 0.1) is 23.1 Å². The van der Waals surface area contributed by atoms with Gasteiger partial charge in [0.15, 0.2) is 5.17 Å². The van der Waals surface area contributed by atoms with Gasteiger partial charge in [0, 0.05) is 24.2 Å². The summed E-state index contributed by atoms with van der Waals surface area (Å²) >= 11 is 1.27. The van der Waals surface area contributed by atoms with Crippen molar-refractivity contribution >= 4 is 34.7 Å². The zero-order valence-corrected chi connectivity index (χ0v) is 20.3.